The molecule has 1 heterocycles. The summed E-state index contributed by atoms with van der Waals surface area (Å²) in [6.07, 6.45) is 2.55. The zero-order valence-electron chi connectivity index (χ0n) is 14.4. The molecule has 1 amide bonds. The molecule has 0 aromatic heterocycles. The van der Waals surface area contributed by atoms with Crippen molar-refractivity contribution in [3.63, 3.8) is 0 Å². The Bertz CT molecular complexity index is 710. The summed E-state index contributed by atoms with van der Waals surface area (Å²) in [6.45, 7) is 1.35. The normalized spacial score (nSPS) is 16.4. The molecular weight excluding hydrogens is 318 g/mol. The van der Waals surface area contributed by atoms with Gasteiger partial charge in [0, 0.05) is 23.9 Å². The lowest BCUT2D eigenvalue weighted by atomic mass is 10.1. The minimum absolute atomic E-state index is 0.0965. The molecule has 0 bridgehead atoms. The molecule has 1 N–H and O–H groups in total. The highest BCUT2D eigenvalue weighted by Crippen LogP contribution is 2.21. The van der Waals surface area contributed by atoms with E-state index in [4.69, 9.17) is 14.2 Å². The molecule has 1 fully saturated rings. The molecule has 1 aliphatic rings. The number of anilines is 1. The van der Waals surface area contributed by atoms with Crippen molar-refractivity contribution in [2.45, 2.75) is 25.4 Å². The smallest absolute Gasteiger partial charge is 0.228 e. The summed E-state index contributed by atoms with van der Waals surface area (Å²) in [7, 11) is 1.60. The molecule has 132 valence electrons. The SMILES string of the molecule is COc1ccccc1CC(=O)Nc1cccc(OCC2CCCO2)c1. The summed E-state index contributed by atoms with van der Waals surface area (Å²) in [6, 6.07) is 14.9. The molecule has 1 atom stereocenters. The highest BCUT2D eigenvalue weighted by Gasteiger charge is 2.16. The largest absolute Gasteiger partial charge is 0.496 e. The van der Waals surface area contributed by atoms with Crippen molar-refractivity contribution in [2.24, 2.45) is 0 Å². The Labute approximate surface area is 147 Å². The van der Waals surface area contributed by atoms with Crippen LogP contribution in [0.2, 0.25) is 0 Å². The van der Waals surface area contributed by atoms with E-state index < -0.39 is 0 Å². The minimum Gasteiger partial charge on any atom is -0.496 e. The van der Waals surface area contributed by atoms with Crippen LogP contribution in [0.25, 0.3) is 0 Å². The van der Waals surface area contributed by atoms with Crippen LogP contribution in [0.5, 0.6) is 11.5 Å². The third-order valence-electron chi connectivity index (χ3n) is 4.12. The standard InChI is InChI=1S/C20H23NO4/c1-23-19-10-3-2-6-15(19)12-20(22)21-16-7-4-8-17(13-16)25-14-18-9-5-11-24-18/h2-4,6-8,10,13,18H,5,9,11-12,14H2,1H3,(H,21,22). The van der Waals surface area contributed by atoms with Gasteiger partial charge < -0.3 is 19.5 Å². The van der Waals surface area contributed by atoms with Crippen molar-refractivity contribution >= 4 is 11.6 Å². The number of carbonyl (C=O) groups excluding carboxylic acids is 1. The second-order valence-corrected chi connectivity index (χ2v) is 6.01. The van der Waals surface area contributed by atoms with Gasteiger partial charge in [0.2, 0.25) is 5.91 Å². The van der Waals surface area contributed by atoms with Gasteiger partial charge in [-0.1, -0.05) is 24.3 Å². The van der Waals surface area contributed by atoms with Crippen molar-refractivity contribution < 1.29 is 19.0 Å². The molecule has 0 spiro atoms. The second-order valence-electron chi connectivity index (χ2n) is 6.01. The molecular formula is C20H23NO4. The lowest BCUT2D eigenvalue weighted by Crippen LogP contribution is -2.17. The number of hydrogen-bond acceptors (Lipinski definition) is 4. The fourth-order valence-electron chi connectivity index (χ4n) is 2.86. The van der Waals surface area contributed by atoms with Crippen molar-refractivity contribution in [3.05, 3.63) is 54.1 Å². The quantitative estimate of drug-likeness (QED) is 0.838. The fraction of sp³-hybridized carbons (Fsp3) is 0.350. The number of para-hydroxylation sites is 1. The topological polar surface area (TPSA) is 56.8 Å². The maximum absolute atomic E-state index is 12.3. The number of carbonyl (C=O) groups is 1. The van der Waals surface area contributed by atoms with Crippen molar-refractivity contribution in [3.8, 4) is 11.5 Å². The van der Waals surface area contributed by atoms with Crippen LogP contribution in [0.4, 0.5) is 5.69 Å². The van der Waals surface area contributed by atoms with Crippen LogP contribution in [0.1, 0.15) is 18.4 Å². The Kier molecular flexibility index (Phi) is 5.90. The molecule has 1 aliphatic heterocycles. The van der Waals surface area contributed by atoms with E-state index in [0.29, 0.717) is 18.0 Å². The molecule has 5 heteroatoms. The lowest BCUT2D eigenvalue weighted by Gasteiger charge is -2.13. The van der Waals surface area contributed by atoms with Gasteiger partial charge in [-0.25, -0.2) is 0 Å². The Morgan fingerprint density at radius 3 is 2.92 bits per heavy atom. The molecule has 2 aromatic rings. The Balaban J connectivity index is 1.56. The lowest BCUT2D eigenvalue weighted by molar-refractivity contribution is -0.115. The summed E-state index contributed by atoms with van der Waals surface area (Å²) in [5.41, 5.74) is 1.57. The van der Waals surface area contributed by atoms with E-state index in [2.05, 4.69) is 5.32 Å². The van der Waals surface area contributed by atoms with Crippen LogP contribution in [-0.2, 0) is 16.0 Å². The molecule has 0 aliphatic carbocycles. The van der Waals surface area contributed by atoms with Crippen molar-refractivity contribution in [1.82, 2.24) is 0 Å². The van der Waals surface area contributed by atoms with E-state index in [0.717, 1.165) is 30.8 Å². The van der Waals surface area contributed by atoms with Crippen molar-refractivity contribution in [1.29, 1.82) is 0 Å². The van der Waals surface area contributed by atoms with Crippen LogP contribution in [0.3, 0.4) is 0 Å². The number of rotatable bonds is 7. The third-order valence-corrected chi connectivity index (χ3v) is 4.12. The summed E-state index contributed by atoms with van der Waals surface area (Å²) in [4.78, 5) is 12.3. The number of methoxy groups -OCH3 is 1. The summed E-state index contributed by atoms with van der Waals surface area (Å²) in [5.74, 6) is 1.35. The molecule has 5 nitrogen and oxygen atoms in total. The van der Waals surface area contributed by atoms with Gasteiger partial charge in [-0.2, -0.15) is 0 Å². The number of hydrogen-bond donors (Lipinski definition) is 1. The van der Waals surface area contributed by atoms with Gasteiger partial charge in [0.05, 0.1) is 19.6 Å². The summed E-state index contributed by atoms with van der Waals surface area (Å²) in [5, 5.41) is 2.90. The first-order valence-electron chi connectivity index (χ1n) is 8.51. The van der Waals surface area contributed by atoms with E-state index in [1.54, 1.807) is 7.11 Å². The van der Waals surface area contributed by atoms with Gasteiger partial charge in [0.15, 0.2) is 0 Å². The summed E-state index contributed by atoms with van der Waals surface area (Å²) >= 11 is 0. The summed E-state index contributed by atoms with van der Waals surface area (Å²) < 4.78 is 16.6. The van der Waals surface area contributed by atoms with E-state index in [1.807, 2.05) is 48.5 Å². The first-order chi connectivity index (χ1) is 12.2. The van der Waals surface area contributed by atoms with E-state index >= 15 is 0 Å². The van der Waals surface area contributed by atoms with Gasteiger partial charge in [0.25, 0.3) is 0 Å². The van der Waals surface area contributed by atoms with E-state index in [1.165, 1.54) is 0 Å². The Hall–Kier alpha value is -2.53. The van der Waals surface area contributed by atoms with Crippen LogP contribution in [-0.4, -0.2) is 32.3 Å². The van der Waals surface area contributed by atoms with Crippen LogP contribution < -0.4 is 14.8 Å². The van der Waals surface area contributed by atoms with Gasteiger partial charge in [-0.05, 0) is 31.0 Å². The van der Waals surface area contributed by atoms with E-state index in [9.17, 15) is 4.79 Å². The molecule has 0 saturated carbocycles. The first-order valence-corrected chi connectivity index (χ1v) is 8.51. The minimum atomic E-state index is -0.0965. The highest BCUT2D eigenvalue weighted by molar-refractivity contribution is 5.92. The molecule has 0 radical (unpaired) electrons. The second kappa shape index (κ2) is 8.53. The van der Waals surface area contributed by atoms with Gasteiger partial charge in [-0.15, -0.1) is 0 Å². The third kappa shape index (κ3) is 4.97. The number of benzene rings is 2. The first kappa shape index (κ1) is 17.3. The average molecular weight is 341 g/mol. The Morgan fingerprint density at radius 2 is 2.12 bits per heavy atom. The molecule has 2 aromatic carbocycles. The predicted octanol–water partition coefficient (Wildman–Crippen LogP) is 3.43. The van der Waals surface area contributed by atoms with Crippen LogP contribution in [0.15, 0.2) is 48.5 Å². The van der Waals surface area contributed by atoms with Gasteiger partial charge in [0.1, 0.15) is 18.1 Å². The van der Waals surface area contributed by atoms with Crippen LogP contribution in [0, 0.1) is 0 Å². The van der Waals surface area contributed by atoms with Crippen molar-refractivity contribution in [2.75, 3.05) is 25.6 Å². The maximum Gasteiger partial charge on any atom is 0.228 e. The van der Waals surface area contributed by atoms with Gasteiger partial charge >= 0.3 is 0 Å². The fourth-order valence-corrected chi connectivity index (χ4v) is 2.86. The Morgan fingerprint density at radius 1 is 1.24 bits per heavy atom. The average Bonchev–Trinajstić information content (AvgIpc) is 3.14. The monoisotopic (exact) mass is 341 g/mol. The molecule has 1 unspecified atom stereocenters. The maximum atomic E-state index is 12.3. The zero-order chi connectivity index (χ0) is 17.5. The molecule has 1 saturated heterocycles. The molecule has 3 rings (SSSR count). The number of ether oxygens (including phenoxy) is 3. The number of amides is 1. The highest BCUT2D eigenvalue weighted by atomic mass is 16.5. The van der Waals surface area contributed by atoms with E-state index in [-0.39, 0.29) is 18.4 Å². The zero-order valence-corrected chi connectivity index (χ0v) is 14.4. The predicted molar refractivity (Wildman–Crippen MR) is 96.2 cm³/mol. The molecule has 25 heavy (non-hydrogen) atoms. The number of nitrogens with one attached hydrogen (secondary N) is 1. The van der Waals surface area contributed by atoms with Crippen LogP contribution >= 0.6 is 0 Å². The van der Waals surface area contributed by atoms with Gasteiger partial charge in [-0.3, -0.25) is 4.79 Å².